The van der Waals surface area contributed by atoms with Crippen LogP contribution in [0.2, 0.25) is 0 Å². The zero-order valence-electron chi connectivity index (χ0n) is 6.77. The Morgan fingerprint density at radius 1 is 1.60 bits per heavy atom. The highest BCUT2D eigenvalue weighted by molar-refractivity contribution is 5.95. The zero-order chi connectivity index (χ0) is 7.98. The van der Waals surface area contributed by atoms with Crippen molar-refractivity contribution in [3.05, 3.63) is 0 Å². The van der Waals surface area contributed by atoms with Crippen LogP contribution < -0.4 is 0 Å². The first-order valence-electron chi connectivity index (χ1n) is 3.31. The predicted molar refractivity (Wildman–Crippen MR) is 43.0 cm³/mol. The Labute approximate surface area is 61.6 Å². The average Bonchev–Trinajstić information content (AvgIpc) is 1.88. The molecule has 0 rings (SSSR count). The molecule has 0 aliphatic rings. The monoisotopic (exact) mass is 142 g/mol. The lowest BCUT2D eigenvalue weighted by atomic mass is 10.3. The molecule has 10 heavy (non-hydrogen) atoms. The molecule has 0 spiro atoms. The van der Waals surface area contributed by atoms with E-state index in [0.717, 1.165) is 12.1 Å². The first kappa shape index (κ1) is 9.30. The van der Waals surface area contributed by atoms with Gasteiger partial charge in [0.15, 0.2) is 0 Å². The van der Waals surface area contributed by atoms with Gasteiger partial charge in [-0.15, -0.1) is 0 Å². The lowest BCUT2D eigenvalue weighted by Gasteiger charge is -1.96. The molecule has 0 aromatic heterocycles. The number of methoxy groups -OCH3 is 1. The van der Waals surface area contributed by atoms with E-state index in [1.807, 2.05) is 13.8 Å². The lowest BCUT2D eigenvalue weighted by Crippen LogP contribution is -2.04. The highest BCUT2D eigenvalue weighted by Crippen LogP contribution is 1.86. The van der Waals surface area contributed by atoms with Crippen LogP contribution in [0.5, 0.6) is 0 Å². The van der Waals surface area contributed by atoms with Crippen LogP contribution >= 0.6 is 0 Å². The van der Waals surface area contributed by atoms with Gasteiger partial charge in [-0.2, -0.15) is 0 Å². The van der Waals surface area contributed by atoms with E-state index in [9.17, 15) is 0 Å². The molecular weight excluding hydrogens is 128 g/mol. The molecule has 0 amide bonds. The van der Waals surface area contributed by atoms with E-state index in [1.54, 1.807) is 7.11 Å². The van der Waals surface area contributed by atoms with Gasteiger partial charge in [0, 0.05) is 12.8 Å². The van der Waals surface area contributed by atoms with E-state index in [-0.39, 0.29) is 0 Å². The molecule has 0 unspecified atom stereocenters. The molecule has 0 atom stereocenters. The summed E-state index contributed by atoms with van der Waals surface area (Å²) in [6.45, 7) is 4.22. The fraction of sp³-hybridized carbons (Fsp3) is 0.714. The summed E-state index contributed by atoms with van der Waals surface area (Å²) in [5.41, 5.74) is 0.974. The van der Waals surface area contributed by atoms with Crippen LogP contribution in [-0.4, -0.2) is 25.3 Å². The summed E-state index contributed by atoms with van der Waals surface area (Å²) in [6.07, 6.45) is 0.895. The Morgan fingerprint density at radius 2 is 2.20 bits per heavy atom. The predicted octanol–water partition coefficient (Wildman–Crippen LogP) is 1.48. The molecule has 58 valence electrons. The third-order valence-corrected chi connectivity index (χ3v) is 1.12. The van der Waals surface area contributed by atoms with E-state index >= 15 is 0 Å². The summed E-state index contributed by atoms with van der Waals surface area (Å²) >= 11 is 0. The van der Waals surface area contributed by atoms with Crippen LogP contribution in [-0.2, 0) is 4.74 Å². The van der Waals surface area contributed by atoms with Crippen LogP contribution in [0.25, 0.3) is 0 Å². The van der Waals surface area contributed by atoms with Crippen molar-refractivity contribution in [2.24, 2.45) is 4.99 Å². The third kappa shape index (κ3) is 4.21. The largest absolute Gasteiger partial charge is 0.377 e. The molecule has 0 radical (unpaired) electrons. The SMILES string of the molecule is CCC(C)=NC(=N)COC. The topological polar surface area (TPSA) is 45.4 Å². The second kappa shape index (κ2) is 5.11. The number of aliphatic imine (C=N–C) groups is 1. The van der Waals surface area contributed by atoms with Crippen LogP contribution in [0.15, 0.2) is 4.99 Å². The molecule has 0 fully saturated rings. The van der Waals surface area contributed by atoms with Gasteiger partial charge >= 0.3 is 0 Å². The average molecular weight is 142 g/mol. The number of nitrogens with one attached hydrogen (secondary N) is 1. The van der Waals surface area contributed by atoms with E-state index in [4.69, 9.17) is 10.1 Å². The second-order valence-corrected chi connectivity index (χ2v) is 2.08. The Kier molecular flexibility index (Phi) is 4.76. The summed E-state index contributed by atoms with van der Waals surface area (Å²) in [5, 5.41) is 7.21. The number of nitrogens with zero attached hydrogens (tertiary/aromatic N) is 1. The number of hydrogen-bond acceptors (Lipinski definition) is 2. The second-order valence-electron chi connectivity index (χ2n) is 2.08. The van der Waals surface area contributed by atoms with E-state index in [1.165, 1.54) is 0 Å². The molecule has 1 N–H and O–H groups in total. The van der Waals surface area contributed by atoms with E-state index < -0.39 is 0 Å². The lowest BCUT2D eigenvalue weighted by molar-refractivity contribution is 0.244. The van der Waals surface area contributed by atoms with Gasteiger partial charge in [-0.1, -0.05) is 6.92 Å². The normalized spacial score (nSPS) is 11.7. The smallest absolute Gasteiger partial charge is 0.146 e. The molecule has 0 saturated heterocycles. The van der Waals surface area contributed by atoms with Gasteiger partial charge in [0.25, 0.3) is 0 Å². The van der Waals surface area contributed by atoms with Crippen molar-refractivity contribution in [2.75, 3.05) is 13.7 Å². The Morgan fingerprint density at radius 3 is 2.60 bits per heavy atom. The summed E-state index contributed by atoms with van der Waals surface area (Å²) in [5.74, 6) is 0.293. The van der Waals surface area contributed by atoms with Crippen molar-refractivity contribution in [3.8, 4) is 0 Å². The highest BCUT2D eigenvalue weighted by Gasteiger charge is 1.91. The molecule has 0 aliphatic heterocycles. The molecule has 0 aliphatic carbocycles. The van der Waals surface area contributed by atoms with Crippen molar-refractivity contribution in [3.63, 3.8) is 0 Å². The Bertz CT molecular complexity index is 141. The molecule has 0 aromatic carbocycles. The van der Waals surface area contributed by atoms with E-state index in [2.05, 4.69) is 4.99 Å². The number of ether oxygens (including phenoxy) is 1. The maximum atomic E-state index is 7.21. The minimum atomic E-state index is 0.293. The zero-order valence-corrected chi connectivity index (χ0v) is 6.77. The van der Waals surface area contributed by atoms with Gasteiger partial charge in [-0.3, -0.25) is 5.41 Å². The summed E-state index contributed by atoms with van der Waals surface area (Å²) in [4.78, 5) is 3.96. The first-order chi connectivity index (χ1) is 4.70. The van der Waals surface area contributed by atoms with Gasteiger partial charge in [-0.25, -0.2) is 4.99 Å². The minimum Gasteiger partial charge on any atom is -0.377 e. The summed E-state index contributed by atoms with van der Waals surface area (Å²) in [6, 6.07) is 0. The van der Waals surface area contributed by atoms with Gasteiger partial charge in [0.1, 0.15) is 12.4 Å². The molecule has 3 heteroatoms. The summed E-state index contributed by atoms with van der Waals surface area (Å²) in [7, 11) is 1.56. The van der Waals surface area contributed by atoms with Crippen molar-refractivity contribution in [1.29, 1.82) is 5.41 Å². The molecule has 3 nitrogen and oxygen atoms in total. The fourth-order valence-corrected chi connectivity index (χ4v) is 0.478. The fourth-order valence-electron chi connectivity index (χ4n) is 0.478. The molecule has 0 aromatic rings. The molecule has 0 bridgehead atoms. The van der Waals surface area contributed by atoms with Crippen molar-refractivity contribution in [1.82, 2.24) is 0 Å². The van der Waals surface area contributed by atoms with Crippen LogP contribution in [0.1, 0.15) is 20.3 Å². The number of hydrogen-bond donors (Lipinski definition) is 1. The van der Waals surface area contributed by atoms with Crippen LogP contribution in [0, 0.1) is 5.41 Å². The van der Waals surface area contributed by atoms with Crippen molar-refractivity contribution in [2.45, 2.75) is 20.3 Å². The van der Waals surface area contributed by atoms with Crippen LogP contribution in [0.3, 0.4) is 0 Å². The van der Waals surface area contributed by atoms with Crippen LogP contribution in [0.4, 0.5) is 0 Å². The minimum absolute atomic E-state index is 0.293. The number of amidine groups is 1. The first-order valence-corrected chi connectivity index (χ1v) is 3.31. The molecule has 0 heterocycles. The van der Waals surface area contributed by atoms with Crippen molar-refractivity contribution >= 4 is 11.5 Å². The Hall–Kier alpha value is -0.700. The quantitative estimate of drug-likeness (QED) is 0.471. The van der Waals surface area contributed by atoms with E-state index in [0.29, 0.717) is 12.4 Å². The Balaban J connectivity index is 3.75. The van der Waals surface area contributed by atoms with Gasteiger partial charge in [0.2, 0.25) is 0 Å². The standard InChI is InChI=1S/C7H14N2O/c1-4-6(2)9-7(8)5-10-3/h8H,4-5H2,1-3H3. The molecular formula is C7H14N2O. The maximum absolute atomic E-state index is 7.21. The van der Waals surface area contributed by atoms with Gasteiger partial charge in [-0.05, 0) is 13.3 Å². The number of rotatable bonds is 3. The third-order valence-electron chi connectivity index (χ3n) is 1.12. The van der Waals surface area contributed by atoms with Crippen molar-refractivity contribution < 1.29 is 4.74 Å². The summed E-state index contributed by atoms with van der Waals surface area (Å²) < 4.78 is 4.72. The van der Waals surface area contributed by atoms with Gasteiger partial charge in [0.05, 0.1) is 0 Å². The molecule has 0 saturated carbocycles. The van der Waals surface area contributed by atoms with Gasteiger partial charge < -0.3 is 4.74 Å². The highest BCUT2D eigenvalue weighted by atomic mass is 16.5. The maximum Gasteiger partial charge on any atom is 0.146 e.